The standard InChI is InChI=1S/C14H11ClFN3/c1-9-2-3-10(6-11(9)16)19-13-4-5-17-8-12(13)18-14(19)7-15/h2-6,8H,7H2,1H3. The van der Waals surface area contributed by atoms with E-state index in [9.17, 15) is 4.39 Å². The molecule has 0 aliphatic carbocycles. The zero-order valence-corrected chi connectivity index (χ0v) is 11.0. The second-order valence-corrected chi connectivity index (χ2v) is 4.56. The Bertz CT molecular complexity index is 752. The van der Waals surface area contributed by atoms with E-state index in [-0.39, 0.29) is 11.7 Å². The van der Waals surface area contributed by atoms with Crippen molar-refractivity contribution < 1.29 is 4.39 Å². The van der Waals surface area contributed by atoms with E-state index >= 15 is 0 Å². The summed E-state index contributed by atoms with van der Waals surface area (Å²) in [6, 6.07) is 6.94. The highest BCUT2D eigenvalue weighted by molar-refractivity contribution is 6.17. The predicted octanol–water partition coefficient (Wildman–Crippen LogP) is 3.61. The van der Waals surface area contributed by atoms with Crippen LogP contribution in [-0.4, -0.2) is 14.5 Å². The average molecular weight is 276 g/mol. The first-order valence-corrected chi connectivity index (χ1v) is 6.38. The van der Waals surface area contributed by atoms with Gasteiger partial charge in [-0.05, 0) is 30.7 Å². The summed E-state index contributed by atoms with van der Waals surface area (Å²) in [5.74, 6) is 0.686. The van der Waals surface area contributed by atoms with Gasteiger partial charge >= 0.3 is 0 Å². The molecule has 0 saturated carbocycles. The molecule has 3 rings (SSSR count). The molecule has 1 aromatic carbocycles. The molecule has 3 nitrogen and oxygen atoms in total. The molecule has 0 fully saturated rings. The Kier molecular flexibility index (Phi) is 2.95. The fourth-order valence-corrected chi connectivity index (χ4v) is 2.26. The molecule has 0 aliphatic heterocycles. The largest absolute Gasteiger partial charge is 0.295 e. The van der Waals surface area contributed by atoms with Crippen molar-refractivity contribution in [1.82, 2.24) is 14.5 Å². The number of pyridine rings is 1. The number of fused-ring (bicyclic) bond motifs is 1. The van der Waals surface area contributed by atoms with Crippen molar-refractivity contribution in [3.63, 3.8) is 0 Å². The molecule has 0 bridgehead atoms. The number of benzene rings is 1. The Morgan fingerprint density at radius 3 is 2.89 bits per heavy atom. The summed E-state index contributed by atoms with van der Waals surface area (Å²) in [7, 11) is 0. The second-order valence-electron chi connectivity index (χ2n) is 4.29. The van der Waals surface area contributed by atoms with E-state index in [1.807, 2.05) is 16.7 Å². The fourth-order valence-electron chi connectivity index (χ4n) is 2.08. The number of halogens is 2. The van der Waals surface area contributed by atoms with Gasteiger partial charge in [-0.2, -0.15) is 0 Å². The van der Waals surface area contributed by atoms with Crippen LogP contribution in [-0.2, 0) is 5.88 Å². The van der Waals surface area contributed by atoms with Gasteiger partial charge in [-0.1, -0.05) is 6.07 Å². The molecule has 3 aromatic rings. The maximum atomic E-state index is 13.7. The SMILES string of the molecule is Cc1ccc(-n2c(CCl)nc3cnccc32)cc1F. The van der Waals surface area contributed by atoms with Crippen LogP contribution in [0.5, 0.6) is 0 Å². The number of alkyl halides is 1. The Morgan fingerprint density at radius 2 is 2.16 bits per heavy atom. The zero-order chi connectivity index (χ0) is 13.4. The number of nitrogens with zero attached hydrogens (tertiary/aromatic N) is 3. The molecule has 2 heterocycles. The van der Waals surface area contributed by atoms with Gasteiger partial charge in [-0.25, -0.2) is 9.37 Å². The van der Waals surface area contributed by atoms with Crippen molar-refractivity contribution in [1.29, 1.82) is 0 Å². The van der Waals surface area contributed by atoms with Crippen molar-refractivity contribution in [2.75, 3.05) is 0 Å². The van der Waals surface area contributed by atoms with Crippen LogP contribution in [0.15, 0.2) is 36.7 Å². The molecule has 0 aliphatic rings. The van der Waals surface area contributed by atoms with Crippen LogP contribution in [0.25, 0.3) is 16.7 Å². The van der Waals surface area contributed by atoms with Crippen molar-refractivity contribution in [2.24, 2.45) is 0 Å². The molecule has 0 N–H and O–H groups in total. The van der Waals surface area contributed by atoms with Crippen LogP contribution in [0.3, 0.4) is 0 Å². The molecule has 0 atom stereocenters. The number of rotatable bonds is 2. The lowest BCUT2D eigenvalue weighted by Crippen LogP contribution is -2.00. The van der Waals surface area contributed by atoms with Gasteiger partial charge < -0.3 is 0 Å². The van der Waals surface area contributed by atoms with Gasteiger partial charge in [-0.3, -0.25) is 9.55 Å². The summed E-state index contributed by atoms with van der Waals surface area (Å²) in [4.78, 5) is 8.44. The minimum absolute atomic E-state index is 0.242. The Morgan fingerprint density at radius 1 is 1.32 bits per heavy atom. The molecule has 96 valence electrons. The Hall–Kier alpha value is -1.94. The highest BCUT2D eigenvalue weighted by atomic mass is 35.5. The number of aromatic nitrogens is 3. The van der Waals surface area contributed by atoms with Crippen LogP contribution in [0, 0.1) is 12.7 Å². The van der Waals surface area contributed by atoms with Crippen LogP contribution < -0.4 is 0 Å². The van der Waals surface area contributed by atoms with Crippen LogP contribution in [0.2, 0.25) is 0 Å². The maximum Gasteiger partial charge on any atom is 0.129 e. The molecular weight excluding hydrogens is 265 g/mol. The average Bonchev–Trinajstić information content (AvgIpc) is 2.80. The third kappa shape index (κ3) is 1.98. The fraction of sp³-hybridized carbons (Fsp3) is 0.143. The van der Waals surface area contributed by atoms with Crippen LogP contribution in [0.4, 0.5) is 4.39 Å². The monoisotopic (exact) mass is 275 g/mol. The van der Waals surface area contributed by atoms with Gasteiger partial charge in [0.05, 0.1) is 23.3 Å². The topological polar surface area (TPSA) is 30.7 Å². The summed E-state index contributed by atoms with van der Waals surface area (Å²) in [5.41, 5.74) is 2.95. The Labute approximate surface area is 114 Å². The molecule has 0 saturated heterocycles. The quantitative estimate of drug-likeness (QED) is 0.669. The summed E-state index contributed by atoms with van der Waals surface area (Å²) in [5, 5.41) is 0. The number of aryl methyl sites for hydroxylation is 1. The maximum absolute atomic E-state index is 13.7. The molecule has 0 spiro atoms. The minimum Gasteiger partial charge on any atom is -0.295 e. The van der Waals surface area contributed by atoms with E-state index in [1.165, 1.54) is 6.07 Å². The lowest BCUT2D eigenvalue weighted by molar-refractivity contribution is 0.617. The van der Waals surface area contributed by atoms with Gasteiger partial charge in [0.1, 0.15) is 17.2 Å². The van der Waals surface area contributed by atoms with E-state index in [0.29, 0.717) is 17.1 Å². The first kappa shape index (κ1) is 12.1. The molecule has 19 heavy (non-hydrogen) atoms. The predicted molar refractivity (Wildman–Crippen MR) is 73.1 cm³/mol. The van der Waals surface area contributed by atoms with Gasteiger partial charge in [0.25, 0.3) is 0 Å². The number of imidazole rings is 1. The van der Waals surface area contributed by atoms with E-state index in [1.54, 1.807) is 25.4 Å². The van der Waals surface area contributed by atoms with Gasteiger partial charge in [0, 0.05) is 6.20 Å². The molecule has 5 heteroatoms. The molecule has 0 radical (unpaired) electrons. The highest BCUT2D eigenvalue weighted by Gasteiger charge is 2.12. The molecule has 0 amide bonds. The first-order valence-electron chi connectivity index (χ1n) is 5.84. The van der Waals surface area contributed by atoms with Crippen LogP contribution in [0.1, 0.15) is 11.4 Å². The number of hydrogen-bond donors (Lipinski definition) is 0. The highest BCUT2D eigenvalue weighted by Crippen LogP contribution is 2.23. The van der Waals surface area contributed by atoms with Gasteiger partial charge in [-0.15, -0.1) is 11.6 Å². The van der Waals surface area contributed by atoms with E-state index in [2.05, 4.69) is 9.97 Å². The van der Waals surface area contributed by atoms with E-state index in [0.717, 1.165) is 11.0 Å². The van der Waals surface area contributed by atoms with Gasteiger partial charge in [0.15, 0.2) is 0 Å². The van der Waals surface area contributed by atoms with E-state index < -0.39 is 0 Å². The summed E-state index contributed by atoms with van der Waals surface area (Å²) in [6.07, 6.45) is 3.36. The Balaban J connectivity index is 2.31. The first-order chi connectivity index (χ1) is 9.20. The van der Waals surface area contributed by atoms with Gasteiger partial charge in [0.2, 0.25) is 0 Å². The molecule has 0 unspecified atom stereocenters. The lowest BCUT2D eigenvalue weighted by atomic mass is 10.2. The summed E-state index contributed by atoms with van der Waals surface area (Å²) < 4.78 is 15.6. The molecular formula is C14H11ClFN3. The van der Waals surface area contributed by atoms with E-state index in [4.69, 9.17) is 11.6 Å². The third-order valence-corrected chi connectivity index (χ3v) is 3.30. The van der Waals surface area contributed by atoms with Crippen molar-refractivity contribution >= 4 is 22.6 Å². The van der Waals surface area contributed by atoms with Crippen LogP contribution >= 0.6 is 11.6 Å². The second kappa shape index (κ2) is 4.63. The smallest absolute Gasteiger partial charge is 0.129 e. The minimum atomic E-state index is -0.242. The molecule has 2 aromatic heterocycles. The third-order valence-electron chi connectivity index (χ3n) is 3.06. The summed E-state index contributed by atoms with van der Waals surface area (Å²) in [6.45, 7) is 1.73. The number of hydrogen-bond acceptors (Lipinski definition) is 2. The van der Waals surface area contributed by atoms with Crippen molar-refractivity contribution in [2.45, 2.75) is 12.8 Å². The van der Waals surface area contributed by atoms with Crippen molar-refractivity contribution in [3.8, 4) is 5.69 Å². The lowest BCUT2D eigenvalue weighted by Gasteiger charge is -2.08. The normalized spacial score (nSPS) is 11.1. The summed E-state index contributed by atoms with van der Waals surface area (Å²) >= 11 is 5.93. The zero-order valence-electron chi connectivity index (χ0n) is 10.3. The van der Waals surface area contributed by atoms with Crippen molar-refractivity contribution in [3.05, 3.63) is 53.9 Å².